The Morgan fingerprint density at radius 2 is 2.00 bits per heavy atom. The number of hydrogen-bond donors (Lipinski definition) is 1. The number of nitrogens with two attached hydrogens (primary N) is 1. The molecule has 14 heavy (non-hydrogen) atoms. The quantitative estimate of drug-likeness (QED) is 0.673. The molecule has 0 rings (SSSR count). The zero-order valence-corrected chi connectivity index (χ0v) is 9.64. The summed E-state index contributed by atoms with van der Waals surface area (Å²) in [6.45, 7) is 2.46. The van der Waals surface area contributed by atoms with Crippen molar-refractivity contribution in [3.8, 4) is 0 Å². The zero-order chi connectivity index (χ0) is 11.2. The standard InChI is InChI=1S/C9H19NO3S/c1-3-8(7-10)6-9(11)4-5-14(2,12)13/h8H,3-7,10H2,1-2H3. The SMILES string of the molecule is CCC(CN)CC(=O)CCS(C)(=O)=O. The molecule has 1 unspecified atom stereocenters. The predicted molar refractivity (Wildman–Crippen MR) is 56.8 cm³/mol. The van der Waals surface area contributed by atoms with E-state index in [2.05, 4.69) is 0 Å². The van der Waals surface area contributed by atoms with Crippen LogP contribution in [0.15, 0.2) is 0 Å². The van der Waals surface area contributed by atoms with Crippen LogP contribution >= 0.6 is 0 Å². The maximum atomic E-state index is 11.3. The van der Waals surface area contributed by atoms with Gasteiger partial charge in [0.05, 0.1) is 5.75 Å². The van der Waals surface area contributed by atoms with Crippen molar-refractivity contribution in [2.75, 3.05) is 18.6 Å². The van der Waals surface area contributed by atoms with Gasteiger partial charge < -0.3 is 5.73 Å². The zero-order valence-electron chi connectivity index (χ0n) is 8.82. The number of sulfone groups is 1. The van der Waals surface area contributed by atoms with Gasteiger partial charge in [-0.1, -0.05) is 13.3 Å². The second-order valence-corrected chi connectivity index (χ2v) is 5.89. The smallest absolute Gasteiger partial charge is 0.147 e. The Labute approximate surface area is 85.8 Å². The van der Waals surface area contributed by atoms with Crippen molar-refractivity contribution < 1.29 is 13.2 Å². The van der Waals surface area contributed by atoms with Gasteiger partial charge in [0.15, 0.2) is 0 Å². The molecule has 0 amide bonds. The molecular weight excluding hydrogens is 202 g/mol. The first kappa shape index (κ1) is 13.6. The molecule has 0 spiro atoms. The molecule has 4 nitrogen and oxygen atoms in total. The second-order valence-electron chi connectivity index (χ2n) is 3.63. The lowest BCUT2D eigenvalue weighted by atomic mass is 9.99. The second kappa shape index (κ2) is 6.14. The first-order valence-corrected chi connectivity index (χ1v) is 6.84. The van der Waals surface area contributed by atoms with E-state index in [9.17, 15) is 13.2 Å². The van der Waals surface area contributed by atoms with Crippen molar-refractivity contribution in [3.05, 3.63) is 0 Å². The molecule has 0 radical (unpaired) electrons. The van der Waals surface area contributed by atoms with Gasteiger partial charge in [0, 0.05) is 19.1 Å². The molecule has 5 heteroatoms. The van der Waals surface area contributed by atoms with Gasteiger partial charge in [-0.05, 0) is 12.5 Å². The fraction of sp³-hybridized carbons (Fsp3) is 0.889. The maximum absolute atomic E-state index is 11.3. The normalized spacial score (nSPS) is 13.9. The fourth-order valence-electron chi connectivity index (χ4n) is 1.12. The number of rotatable bonds is 7. The Hall–Kier alpha value is -0.420. The third-order valence-corrected chi connectivity index (χ3v) is 3.12. The number of carbonyl (C=O) groups is 1. The van der Waals surface area contributed by atoms with Gasteiger partial charge in [0.2, 0.25) is 0 Å². The van der Waals surface area contributed by atoms with E-state index in [4.69, 9.17) is 5.73 Å². The summed E-state index contributed by atoms with van der Waals surface area (Å²) in [5, 5.41) is 0. The van der Waals surface area contributed by atoms with Gasteiger partial charge in [-0.25, -0.2) is 8.42 Å². The van der Waals surface area contributed by atoms with Crippen molar-refractivity contribution in [1.29, 1.82) is 0 Å². The average Bonchev–Trinajstić information content (AvgIpc) is 2.09. The van der Waals surface area contributed by atoms with Crippen LogP contribution in [0.25, 0.3) is 0 Å². The van der Waals surface area contributed by atoms with Crippen LogP contribution in [-0.4, -0.2) is 32.8 Å². The molecule has 0 aromatic carbocycles. The van der Waals surface area contributed by atoms with Gasteiger partial charge >= 0.3 is 0 Å². The van der Waals surface area contributed by atoms with E-state index >= 15 is 0 Å². The molecule has 0 saturated carbocycles. The molecule has 2 N–H and O–H groups in total. The summed E-state index contributed by atoms with van der Waals surface area (Å²) >= 11 is 0. The Balaban J connectivity index is 3.87. The summed E-state index contributed by atoms with van der Waals surface area (Å²) in [5.41, 5.74) is 5.44. The van der Waals surface area contributed by atoms with Crippen LogP contribution in [0.4, 0.5) is 0 Å². The summed E-state index contributed by atoms with van der Waals surface area (Å²) in [6, 6.07) is 0. The van der Waals surface area contributed by atoms with Gasteiger partial charge in [-0.15, -0.1) is 0 Å². The third kappa shape index (κ3) is 7.03. The lowest BCUT2D eigenvalue weighted by Crippen LogP contribution is -2.19. The molecule has 0 aliphatic carbocycles. The summed E-state index contributed by atoms with van der Waals surface area (Å²) in [4.78, 5) is 11.3. The van der Waals surface area contributed by atoms with E-state index in [-0.39, 0.29) is 23.9 Å². The van der Waals surface area contributed by atoms with E-state index in [1.165, 1.54) is 0 Å². The highest BCUT2D eigenvalue weighted by atomic mass is 32.2. The van der Waals surface area contributed by atoms with Crippen LogP contribution in [-0.2, 0) is 14.6 Å². The minimum absolute atomic E-state index is 0.00674. The molecule has 0 aromatic heterocycles. The van der Waals surface area contributed by atoms with Crippen LogP contribution in [0.3, 0.4) is 0 Å². The first-order valence-electron chi connectivity index (χ1n) is 4.78. The molecule has 0 fully saturated rings. The minimum atomic E-state index is -3.02. The molecule has 84 valence electrons. The Morgan fingerprint density at radius 3 is 2.36 bits per heavy atom. The first-order chi connectivity index (χ1) is 6.39. The van der Waals surface area contributed by atoms with Crippen molar-refractivity contribution in [2.24, 2.45) is 11.7 Å². The van der Waals surface area contributed by atoms with Crippen molar-refractivity contribution in [1.82, 2.24) is 0 Å². The topological polar surface area (TPSA) is 77.2 Å². The van der Waals surface area contributed by atoms with Crippen molar-refractivity contribution in [2.45, 2.75) is 26.2 Å². The molecule has 0 aliphatic rings. The van der Waals surface area contributed by atoms with Gasteiger partial charge in [0.1, 0.15) is 15.6 Å². The van der Waals surface area contributed by atoms with Crippen LogP contribution in [0.1, 0.15) is 26.2 Å². The monoisotopic (exact) mass is 221 g/mol. The maximum Gasteiger partial charge on any atom is 0.147 e. The summed E-state index contributed by atoms with van der Waals surface area (Å²) < 4.78 is 21.6. The van der Waals surface area contributed by atoms with Crippen molar-refractivity contribution >= 4 is 15.6 Å². The molecule has 0 aromatic rings. The fourth-order valence-corrected chi connectivity index (χ4v) is 1.72. The molecule has 0 saturated heterocycles. The van der Waals surface area contributed by atoms with Crippen LogP contribution in [0, 0.1) is 5.92 Å². The predicted octanol–water partition coefficient (Wildman–Crippen LogP) is 0.365. The van der Waals surface area contributed by atoms with Crippen LogP contribution in [0.2, 0.25) is 0 Å². The highest BCUT2D eigenvalue weighted by Gasteiger charge is 2.12. The Bertz CT molecular complexity index is 268. The molecule has 1 atom stereocenters. The Morgan fingerprint density at radius 1 is 1.43 bits per heavy atom. The Kier molecular flexibility index (Phi) is 5.95. The highest BCUT2D eigenvalue weighted by molar-refractivity contribution is 7.90. The number of hydrogen-bond acceptors (Lipinski definition) is 4. The van der Waals surface area contributed by atoms with Crippen LogP contribution < -0.4 is 5.73 Å². The highest BCUT2D eigenvalue weighted by Crippen LogP contribution is 2.08. The average molecular weight is 221 g/mol. The number of ketones is 1. The lowest BCUT2D eigenvalue weighted by molar-refractivity contribution is -0.119. The van der Waals surface area contributed by atoms with Crippen molar-refractivity contribution in [3.63, 3.8) is 0 Å². The summed E-state index contributed by atoms with van der Waals surface area (Å²) in [5.74, 6) is 0.141. The van der Waals surface area contributed by atoms with E-state index in [1.807, 2.05) is 6.92 Å². The van der Waals surface area contributed by atoms with E-state index in [1.54, 1.807) is 0 Å². The van der Waals surface area contributed by atoms with E-state index in [0.29, 0.717) is 13.0 Å². The van der Waals surface area contributed by atoms with Crippen LogP contribution in [0.5, 0.6) is 0 Å². The minimum Gasteiger partial charge on any atom is -0.330 e. The van der Waals surface area contributed by atoms with E-state index in [0.717, 1.165) is 12.7 Å². The van der Waals surface area contributed by atoms with E-state index < -0.39 is 9.84 Å². The molecular formula is C9H19NO3S. The van der Waals surface area contributed by atoms with Gasteiger partial charge in [-0.2, -0.15) is 0 Å². The molecule has 0 bridgehead atoms. The molecule has 0 aliphatic heterocycles. The summed E-state index contributed by atoms with van der Waals surface area (Å²) in [7, 11) is -3.02. The number of carbonyl (C=O) groups excluding carboxylic acids is 1. The van der Waals surface area contributed by atoms with Gasteiger partial charge in [-0.3, -0.25) is 4.79 Å². The summed E-state index contributed by atoms with van der Waals surface area (Å²) in [6.07, 6.45) is 2.53. The van der Waals surface area contributed by atoms with Gasteiger partial charge in [0.25, 0.3) is 0 Å². The largest absolute Gasteiger partial charge is 0.330 e. The lowest BCUT2D eigenvalue weighted by Gasteiger charge is -2.10. The third-order valence-electron chi connectivity index (χ3n) is 2.18. The number of Topliss-reactive ketones (excluding diaryl/α,β-unsaturated/α-hetero) is 1. The molecule has 0 heterocycles.